The second kappa shape index (κ2) is 7.09. The molecule has 0 aromatic carbocycles. The van der Waals surface area contributed by atoms with Gasteiger partial charge in [-0.15, -0.1) is 0 Å². The maximum absolute atomic E-state index is 12.8. The van der Waals surface area contributed by atoms with Crippen LogP contribution >= 0.6 is 0 Å². The van der Waals surface area contributed by atoms with E-state index in [1.807, 2.05) is 0 Å². The molecule has 0 aliphatic carbocycles. The summed E-state index contributed by atoms with van der Waals surface area (Å²) in [6, 6.07) is 0. The molecule has 0 saturated carbocycles. The minimum absolute atomic E-state index is 0.109. The van der Waals surface area contributed by atoms with Gasteiger partial charge in [-0.2, -0.15) is 13.2 Å². The third-order valence-corrected chi connectivity index (χ3v) is 6.38. The SMILES string of the molecule is CC(C)(CCS(=O)(=O)NCC1CCC2(CCOCC2)O1)C(F)(F)F. The normalized spacial score (nSPS) is 25.3. The van der Waals surface area contributed by atoms with E-state index in [4.69, 9.17) is 9.47 Å². The first-order valence-electron chi connectivity index (χ1n) is 8.24. The van der Waals surface area contributed by atoms with Crippen LogP contribution in [0.3, 0.4) is 0 Å². The van der Waals surface area contributed by atoms with Crippen LogP contribution in [0.5, 0.6) is 0 Å². The van der Waals surface area contributed by atoms with Gasteiger partial charge in [0.15, 0.2) is 0 Å². The summed E-state index contributed by atoms with van der Waals surface area (Å²) in [6.45, 7) is 3.42. The smallest absolute Gasteiger partial charge is 0.381 e. The zero-order chi connectivity index (χ0) is 18.1. The van der Waals surface area contributed by atoms with Crippen LogP contribution in [0.1, 0.15) is 46.0 Å². The Morgan fingerprint density at radius 2 is 1.79 bits per heavy atom. The molecule has 2 heterocycles. The third-order valence-electron chi connectivity index (χ3n) is 5.04. The van der Waals surface area contributed by atoms with Crippen molar-refractivity contribution in [1.82, 2.24) is 4.72 Å². The molecule has 142 valence electrons. The zero-order valence-electron chi connectivity index (χ0n) is 14.1. The van der Waals surface area contributed by atoms with E-state index < -0.39 is 33.8 Å². The summed E-state index contributed by atoms with van der Waals surface area (Å²) < 4.78 is 76.0. The van der Waals surface area contributed by atoms with E-state index in [2.05, 4.69) is 4.72 Å². The van der Waals surface area contributed by atoms with E-state index in [0.717, 1.165) is 39.5 Å². The molecule has 0 bridgehead atoms. The molecular formula is C15H26F3NO4S. The number of sulfonamides is 1. The highest BCUT2D eigenvalue weighted by Crippen LogP contribution is 2.40. The average molecular weight is 373 g/mol. The van der Waals surface area contributed by atoms with Crippen molar-refractivity contribution < 1.29 is 31.1 Å². The topological polar surface area (TPSA) is 64.6 Å². The lowest BCUT2D eigenvalue weighted by Gasteiger charge is -2.33. The van der Waals surface area contributed by atoms with E-state index in [0.29, 0.717) is 13.2 Å². The molecule has 9 heteroatoms. The molecule has 5 nitrogen and oxygen atoms in total. The molecule has 0 aromatic rings. The Balaban J connectivity index is 1.79. The van der Waals surface area contributed by atoms with Gasteiger partial charge in [-0.05, 0) is 32.1 Å². The van der Waals surface area contributed by atoms with E-state index in [1.54, 1.807) is 0 Å². The molecule has 2 aliphatic rings. The molecule has 2 aliphatic heterocycles. The van der Waals surface area contributed by atoms with Crippen LogP contribution in [0.15, 0.2) is 0 Å². The Hall–Kier alpha value is -0.380. The number of hydrogen-bond donors (Lipinski definition) is 1. The van der Waals surface area contributed by atoms with Crippen LogP contribution < -0.4 is 4.72 Å². The van der Waals surface area contributed by atoms with Crippen LogP contribution in [0.25, 0.3) is 0 Å². The lowest BCUT2D eigenvalue weighted by Crippen LogP contribution is -2.40. The van der Waals surface area contributed by atoms with Gasteiger partial charge in [-0.3, -0.25) is 0 Å². The molecule has 0 aromatic heterocycles. The Bertz CT molecular complexity index is 527. The lowest BCUT2D eigenvalue weighted by atomic mass is 9.90. The summed E-state index contributed by atoms with van der Waals surface area (Å²) in [5, 5.41) is 0. The van der Waals surface area contributed by atoms with Gasteiger partial charge in [-0.25, -0.2) is 13.1 Å². The molecule has 2 rings (SSSR count). The van der Waals surface area contributed by atoms with Crippen LogP contribution in [-0.4, -0.2) is 51.8 Å². The average Bonchev–Trinajstić information content (AvgIpc) is 2.86. The Morgan fingerprint density at radius 3 is 2.38 bits per heavy atom. The number of alkyl halides is 3. The van der Waals surface area contributed by atoms with Gasteiger partial charge in [-0.1, -0.05) is 13.8 Å². The second-order valence-electron chi connectivity index (χ2n) is 7.37. The van der Waals surface area contributed by atoms with E-state index in [1.165, 1.54) is 0 Å². The van der Waals surface area contributed by atoms with Crippen molar-refractivity contribution in [2.75, 3.05) is 25.5 Å². The first kappa shape index (κ1) is 19.9. The first-order chi connectivity index (χ1) is 10.9. The highest BCUT2D eigenvalue weighted by molar-refractivity contribution is 7.89. The van der Waals surface area contributed by atoms with Gasteiger partial charge >= 0.3 is 6.18 Å². The molecule has 2 fully saturated rings. The summed E-state index contributed by atoms with van der Waals surface area (Å²) in [6.07, 6.45) is -1.91. The Morgan fingerprint density at radius 1 is 1.17 bits per heavy atom. The Kier molecular flexibility index (Phi) is 5.89. The number of rotatable bonds is 6. The van der Waals surface area contributed by atoms with Gasteiger partial charge in [0.2, 0.25) is 10.0 Å². The second-order valence-corrected chi connectivity index (χ2v) is 9.30. The fourth-order valence-electron chi connectivity index (χ4n) is 2.97. The van der Waals surface area contributed by atoms with Crippen molar-refractivity contribution in [3.8, 4) is 0 Å². The highest BCUT2D eigenvalue weighted by Gasteiger charge is 2.47. The van der Waals surface area contributed by atoms with Crippen molar-refractivity contribution in [1.29, 1.82) is 0 Å². The molecule has 1 N–H and O–H groups in total. The number of halogens is 3. The predicted octanol–water partition coefficient (Wildman–Crippen LogP) is 2.61. The van der Waals surface area contributed by atoms with Gasteiger partial charge in [0.25, 0.3) is 0 Å². The number of nitrogens with one attached hydrogen (secondary N) is 1. The maximum Gasteiger partial charge on any atom is 0.394 e. The third kappa shape index (κ3) is 5.06. The van der Waals surface area contributed by atoms with Crippen LogP contribution in [0.4, 0.5) is 13.2 Å². The molecule has 0 amide bonds. The van der Waals surface area contributed by atoms with Crippen molar-refractivity contribution in [3.05, 3.63) is 0 Å². The van der Waals surface area contributed by atoms with Gasteiger partial charge in [0.05, 0.1) is 22.9 Å². The standard InChI is InChI=1S/C15H26F3NO4S/c1-13(2,15(16,17)18)7-10-24(20,21)19-11-12-3-4-14(23-12)5-8-22-9-6-14/h12,19H,3-11H2,1-2H3. The molecule has 24 heavy (non-hydrogen) atoms. The predicted molar refractivity (Wildman–Crippen MR) is 83.1 cm³/mol. The van der Waals surface area contributed by atoms with Crippen molar-refractivity contribution in [2.45, 2.75) is 63.8 Å². The monoisotopic (exact) mass is 373 g/mol. The number of ether oxygens (including phenoxy) is 2. The van der Waals surface area contributed by atoms with Crippen LogP contribution in [0.2, 0.25) is 0 Å². The first-order valence-corrected chi connectivity index (χ1v) is 9.90. The molecule has 1 spiro atoms. The van der Waals surface area contributed by atoms with Gasteiger partial charge in [0.1, 0.15) is 0 Å². The summed E-state index contributed by atoms with van der Waals surface area (Å²) in [4.78, 5) is 0. The van der Waals surface area contributed by atoms with Gasteiger partial charge in [0, 0.05) is 19.8 Å². The van der Waals surface area contributed by atoms with Crippen molar-refractivity contribution in [2.24, 2.45) is 5.41 Å². The largest absolute Gasteiger partial charge is 0.394 e. The van der Waals surface area contributed by atoms with E-state index in [9.17, 15) is 21.6 Å². The molecule has 0 radical (unpaired) electrons. The quantitative estimate of drug-likeness (QED) is 0.777. The van der Waals surface area contributed by atoms with E-state index >= 15 is 0 Å². The summed E-state index contributed by atoms with van der Waals surface area (Å²) >= 11 is 0. The molecule has 1 atom stereocenters. The van der Waals surface area contributed by atoms with Gasteiger partial charge < -0.3 is 9.47 Å². The minimum Gasteiger partial charge on any atom is -0.381 e. The van der Waals surface area contributed by atoms with E-state index in [-0.39, 0.29) is 18.2 Å². The summed E-state index contributed by atoms with van der Waals surface area (Å²) in [5.74, 6) is -0.550. The van der Waals surface area contributed by atoms with Crippen molar-refractivity contribution in [3.63, 3.8) is 0 Å². The lowest BCUT2D eigenvalue weighted by molar-refractivity contribution is -0.211. The van der Waals surface area contributed by atoms with Crippen LogP contribution in [0, 0.1) is 5.41 Å². The minimum atomic E-state index is -4.42. The number of hydrogen-bond acceptors (Lipinski definition) is 4. The fraction of sp³-hybridized carbons (Fsp3) is 1.00. The molecular weight excluding hydrogens is 347 g/mol. The van der Waals surface area contributed by atoms with Crippen LogP contribution in [-0.2, 0) is 19.5 Å². The zero-order valence-corrected chi connectivity index (χ0v) is 14.9. The highest BCUT2D eigenvalue weighted by atomic mass is 32.2. The van der Waals surface area contributed by atoms with Crippen molar-refractivity contribution >= 4 is 10.0 Å². The maximum atomic E-state index is 12.8. The Labute approximate surface area is 141 Å². The summed E-state index contributed by atoms with van der Waals surface area (Å²) in [5.41, 5.74) is -2.25. The fourth-order valence-corrected chi connectivity index (χ4v) is 4.34. The summed E-state index contributed by atoms with van der Waals surface area (Å²) in [7, 11) is -3.76. The molecule has 1 unspecified atom stereocenters. The molecule has 2 saturated heterocycles.